The lowest BCUT2D eigenvalue weighted by Gasteiger charge is -2.38. The van der Waals surface area contributed by atoms with Crippen LogP contribution in [0.15, 0.2) is 18.2 Å². The monoisotopic (exact) mass is 361 g/mol. The van der Waals surface area contributed by atoms with Gasteiger partial charge in [0.15, 0.2) is 0 Å². The van der Waals surface area contributed by atoms with Crippen molar-refractivity contribution in [3.63, 3.8) is 0 Å². The molecule has 26 heavy (non-hydrogen) atoms. The van der Waals surface area contributed by atoms with E-state index >= 15 is 0 Å². The SMILES string of the molecule is CC(C)NC(=O)CNC(=O)c1cc(N2CCN(C(C)C)CC2)ccc1N. The van der Waals surface area contributed by atoms with Crippen LogP contribution in [0.1, 0.15) is 38.1 Å². The predicted molar refractivity (Wildman–Crippen MR) is 105 cm³/mol. The van der Waals surface area contributed by atoms with Gasteiger partial charge in [-0.2, -0.15) is 0 Å². The number of benzene rings is 1. The third kappa shape index (κ3) is 5.36. The first kappa shape index (κ1) is 20.0. The molecule has 0 spiro atoms. The summed E-state index contributed by atoms with van der Waals surface area (Å²) in [6.07, 6.45) is 0. The number of anilines is 2. The smallest absolute Gasteiger partial charge is 0.253 e. The van der Waals surface area contributed by atoms with E-state index in [-0.39, 0.29) is 24.4 Å². The Morgan fingerprint density at radius 1 is 1.12 bits per heavy atom. The van der Waals surface area contributed by atoms with E-state index < -0.39 is 0 Å². The van der Waals surface area contributed by atoms with E-state index in [0.717, 1.165) is 31.9 Å². The lowest BCUT2D eigenvalue weighted by atomic mass is 10.1. The minimum Gasteiger partial charge on any atom is -0.398 e. The van der Waals surface area contributed by atoms with Gasteiger partial charge in [0.05, 0.1) is 12.1 Å². The second kappa shape index (κ2) is 8.89. The molecule has 0 unspecified atom stereocenters. The average Bonchev–Trinajstić information content (AvgIpc) is 2.59. The maximum absolute atomic E-state index is 12.4. The topological polar surface area (TPSA) is 90.7 Å². The van der Waals surface area contributed by atoms with E-state index in [1.54, 1.807) is 6.07 Å². The molecule has 1 aromatic carbocycles. The molecule has 1 aromatic rings. The third-order valence-corrected chi connectivity index (χ3v) is 4.55. The van der Waals surface area contributed by atoms with Gasteiger partial charge in [0.2, 0.25) is 5.91 Å². The van der Waals surface area contributed by atoms with Gasteiger partial charge in [-0.25, -0.2) is 0 Å². The zero-order valence-corrected chi connectivity index (χ0v) is 16.2. The standard InChI is InChI=1S/C19H31N5O2/c1-13(2)22-18(25)12-21-19(26)16-11-15(5-6-17(16)20)24-9-7-23(8-10-24)14(3)4/h5-6,11,13-14H,7-10,12,20H2,1-4H3,(H,21,26)(H,22,25). The van der Waals surface area contributed by atoms with Gasteiger partial charge in [-0.15, -0.1) is 0 Å². The Morgan fingerprint density at radius 2 is 1.77 bits per heavy atom. The number of carbonyl (C=O) groups is 2. The van der Waals surface area contributed by atoms with Crippen LogP contribution in [0.3, 0.4) is 0 Å². The first-order chi connectivity index (χ1) is 12.3. The van der Waals surface area contributed by atoms with Gasteiger partial charge in [0.1, 0.15) is 0 Å². The highest BCUT2D eigenvalue weighted by atomic mass is 16.2. The molecule has 0 atom stereocenters. The van der Waals surface area contributed by atoms with Crippen LogP contribution in [0.2, 0.25) is 0 Å². The van der Waals surface area contributed by atoms with E-state index in [0.29, 0.717) is 17.3 Å². The molecule has 7 nitrogen and oxygen atoms in total. The fraction of sp³-hybridized carbons (Fsp3) is 0.579. The normalized spacial score (nSPS) is 15.4. The van der Waals surface area contributed by atoms with Crippen molar-refractivity contribution in [2.24, 2.45) is 0 Å². The summed E-state index contributed by atoms with van der Waals surface area (Å²) in [5.41, 5.74) is 7.79. The summed E-state index contributed by atoms with van der Waals surface area (Å²) >= 11 is 0. The van der Waals surface area contributed by atoms with E-state index in [9.17, 15) is 9.59 Å². The molecule has 1 heterocycles. The van der Waals surface area contributed by atoms with E-state index in [1.165, 1.54) is 0 Å². The van der Waals surface area contributed by atoms with Gasteiger partial charge in [-0.05, 0) is 45.9 Å². The molecule has 0 saturated carbocycles. The summed E-state index contributed by atoms with van der Waals surface area (Å²) in [5.74, 6) is -0.544. The quantitative estimate of drug-likeness (QED) is 0.659. The zero-order valence-electron chi connectivity index (χ0n) is 16.2. The molecular weight excluding hydrogens is 330 g/mol. The molecule has 1 saturated heterocycles. The summed E-state index contributed by atoms with van der Waals surface area (Å²) in [5, 5.41) is 5.38. The maximum atomic E-state index is 12.4. The summed E-state index contributed by atoms with van der Waals surface area (Å²) in [6, 6.07) is 6.10. The number of hydrogen-bond acceptors (Lipinski definition) is 5. The lowest BCUT2D eigenvalue weighted by molar-refractivity contribution is -0.120. The van der Waals surface area contributed by atoms with Crippen LogP contribution >= 0.6 is 0 Å². The van der Waals surface area contributed by atoms with Crippen molar-refractivity contribution in [1.82, 2.24) is 15.5 Å². The lowest BCUT2D eigenvalue weighted by Crippen LogP contribution is -2.49. The van der Waals surface area contributed by atoms with Crippen molar-refractivity contribution in [1.29, 1.82) is 0 Å². The molecule has 1 aliphatic rings. The van der Waals surface area contributed by atoms with Gasteiger partial charge in [-0.1, -0.05) is 0 Å². The second-order valence-corrected chi connectivity index (χ2v) is 7.29. The minimum absolute atomic E-state index is 0.0392. The predicted octanol–water partition coefficient (Wildman–Crippen LogP) is 1.05. The Bertz CT molecular complexity index is 637. The Morgan fingerprint density at radius 3 is 2.35 bits per heavy atom. The first-order valence-corrected chi connectivity index (χ1v) is 9.24. The van der Waals surface area contributed by atoms with Crippen molar-refractivity contribution in [2.45, 2.75) is 39.8 Å². The highest BCUT2D eigenvalue weighted by molar-refractivity contribution is 6.01. The number of nitrogen functional groups attached to an aromatic ring is 1. The molecular formula is C19H31N5O2. The number of rotatable bonds is 6. The first-order valence-electron chi connectivity index (χ1n) is 9.24. The van der Waals surface area contributed by atoms with Crippen LogP contribution in [0, 0.1) is 0 Å². The van der Waals surface area contributed by atoms with Crippen LogP contribution in [0.5, 0.6) is 0 Å². The molecule has 1 fully saturated rings. The van der Waals surface area contributed by atoms with Gasteiger partial charge in [-0.3, -0.25) is 14.5 Å². The molecule has 144 valence electrons. The molecule has 7 heteroatoms. The number of nitrogens with one attached hydrogen (secondary N) is 2. The Balaban J connectivity index is 2.00. The van der Waals surface area contributed by atoms with Crippen LogP contribution < -0.4 is 21.3 Å². The third-order valence-electron chi connectivity index (χ3n) is 4.55. The van der Waals surface area contributed by atoms with E-state index in [2.05, 4.69) is 34.3 Å². The molecule has 2 amide bonds. The molecule has 2 rings (SSSR count). The number of nitrogens with two attached hydrogens (primary N) is 1. The largest absolute Gasteiger partial charge is 0.398 e. The summed E-state index contributed by atoms with van der Waals surface area (Å²) in [6.45, 7) is 11.9. The van der Waals surface area contributed by atoms with Crippen molar-refractivity contribution in [2.75, 3.05) is 43.4 Å². The van der Waals surface area contributed by atoms with Crippen molar-refractivity contribution < 1.29 is 9.59 Å². The Kier molecular flexibility index (Phi) is 6.85. The number of nitrogens with zero attached hydrogens (tertiary/aromatic N) is 2. The number of amides is 2. The van der Waals surface area contributed by atoms with Crippen molar-refractivity contribution in [3.8, 4) is 0 Å². The van der Waals surface area contributed by atoms with Crippen LogP contribution in [0.4, 0.5) is 11.4 Å². The van der Waals surface area contributed by atoms with Gasteiger partial charge >= 0.3 is 0 Å². The molecule has 0 bridgehead atoms. The van der Waals surface area contributed by atoms with Crippen molar-refractivity contribution >= 4 is 23.2 Å². The highest BCUT2D eigenvalue weighted by Gasteiger charge is 2.20. The Hall–Kier alpha value is -2.28. The summed E-state index contributed by atoms with van der Waals surface area (Å²) in [7, 11) is 0. The van der Waals surface area contributed by atoms with Gasteiger partial charge < -0.3 is 21.3 Å². The summed E-state index contributed by atoms with van der Waals surface area (Å²) in [4.78, 5) is 28.8. The fourth-order valence-electron chi connectivity index (χ4n) is 3.06. The zero-order chi connectivity index (χ0) is 19.3. The average molecular weight is 361 g/mol. The highest BCUT2D eigenvalue weighted by Crippen LogP contribution is 2.23. The van der Waals surface area contributed by atoms with E-state index in [1.807, 2.05) is 26.0 Å². The molecule has 4 N–H and O–H groups in total. The molecule has 0 aromatic heterocycles. The maximum Gasteiger partial charge on any atom is 0.253 e. The van der Waals surface area contributed by atoms with E-state index in [4.69, 9.17) is 5.73 Å². The van der Waals surface area contributed by atoms with Gasteiger partial charge in [0, 0.05) is 49.6 Å². The number of hydrogen-bond donors (Lipinski definition) is 3. The van der Waals surface area contributed by atoms with Crippen molar-refractivity contribution in [3.05, 3.63) is 23.8 Å². The molecule has 0 radical (unpaired) electrons. The molecule has 1 aliphatic heterocycles. The van der Waals surface area contributed by atoms with Crippen LogP contribution in [0.25, 0.3) is 0 Å². The van der Waals surface area contributed by atoms with Gasteiger partial charge in [0.25, 0.3) is 5.91 Å². The number of piperazine rings is 1. The fourth-order valence-corrected chi connectivity index (χ4v) is 3.06. The number of carbonyl (C=O) groups excluding carboxylic acids is 2. The van der Waals surface area contributed by atoms with Crippen LogP contribution in [-0.4, -0.2) is 61.5 Å². The molecule has 0 aliphatic carbocycles. The summed E-state index contributed by atoms with van der Waals surface area (Å²) < 4.78 is 0. The second-order valence-electron chi connectivity index (χ2n) is 7.29. The van der Waals surface area contributed by atoms with Crippen LogP contribution in [-0.2, 0) is 4.79 Å². The minimum atomic E-state index is -0.330. The Labute approximate surface area is 155 Å².